The number of carbonyl (C=O) groups is 1. The maximum atomic E-state index is 13.4. The normalized spacial score (nSPS) is 17.6. The third kappa shape index (κ3) is 4.83. The number of aryl methyl sites for hydroxylation is 2. The second-order valence-corrected chi connectivity index (χ2v) is 10.7. The van der Waals surface area contributed by atoms with Crippen molar-refractivity contribution in [3.8, 4) is 11.3 Å². The fourth-order valence-electron chi connectivity index (χ4n) is 3.73. The van der Waals surface area contributed by atoms with Crippen LogP contribution in [0.2, 0.25) is 5.02 Å². The van der Waals surface area contributed by atoms with E-state index in [1.165, 1.54) is 0 Å². The van der Waals surface area contributed by atoms with Crippen molar-refractivity contribution in [2.45, 2.75) is 32.9 Å². The molecule has 6 nitrogen and oxygen atoms in total. The second kappa shape index (κ2) is 8.48. The molecule has 1 saturated heterocycles. The Morgan fingerprint density at radius 3 is 2.52 bits per heavy atom. The van der Waals surface area contributed by atoms with Gasteiger partial charge in [-0.3, -0.25) is 4.79 Å². The molecule has 3 aromatic rings. The van der Waals surface area contributed by atoms with Crippen LogP contribution in [0, 0.1) is 13.8 Å². The number of hydrogen-bond donors (Lipinski definition) is 0. The van der Waals surface area contributed by atoms with E-state index in [0.29, 0.717) is 17.2 Å². The van der Waals surface area contributed by atoms with Crippen molar-refractivity contribution in [1.29, 1.82) is 0 Å². The van der Waals surface area contributed by atoms with E-state index < -0.39 is 15.9 Å². The van der Waals surface area contributed by atoms with E-state index in [-0.39, 0.29) is 29.7 Å². The standard InChI is InChI=1S/C23H23ClN2O4S/c1-15-3-6-18(11-16(15)2)22-12-21(25-30-22)23(27)26(20-9-10-31(28,29)14-20)13-17-4-7-19(24)8-5-17/h3-8,11-12,20H,9-10,13-14H2,1-2H3/t20-/m1/s1. The van der Waals surface area contributed by atoms with Gasteiger partial charge in [-0.05, 0) is 55.2 Å². The van der Waals surface area contributed by atoms with Crippen molar-refractivity contribution in [2.75, 3.05) is 11.5 Å². The highest BCUT2D eigenvalue weighted by Gasteiger charge is 2.36. The molecule has 4 rings (SSSR count). The number of amides is 1. The van der Waals surface area contributed by atoms with E-state index in [0.717, 1.165) is 22.3 Å². The fraction of sp³-hybridized carbons (Fsp3) is 0.304. The van der Waals surface area contributed by atoms with Crippen LogP contribution in [0.3, 0.4) is 0 Å². The summed E-state index contributed by atoms with van der Waals surface area (Å²) >= 11 is 5.97. The number of benzene rings is 2. The van der Waals surface area contributed by atoms with Crippen LogP contribution in [0.25, 0.3) is 11.3 Å². The van der Waals surface area contributed by atoms with Crippen LogP contribution in [0.15, 0.2) is 53.1 Å². The first-order chi connectivity index (χ1) is 14.7. The van der Waals surface area contributed by atoms with Gasteiger partial charge in [-0.15, -0.1) is 0 Å². The van der Waals surface area contributed by atoms with E-state index in [1.54, 1.807) is 23.1 Å². The smallest absolute Gasteiger partial charge is 0.276 e. The molecule has 0 bridgehead atoms. The van der Waals surface area contributed by atoms with E-state index in [9.17, 15) is 13.2 Å². The van der Waals surface area contributed by atoms with Gasteiger partial charge >= 0.3 is 0 Å². The van der Waals surface area contributed by atoms with Gasteiger partial charge < -0.3 is 9.42 Å². The number of nitrogens with zero attached hydrogens (tertiary/aromatic N) is 2. The first kappa shape index (κ1) is 21.6. The highest BCUT2D eigenvalue weighted by atomic mass is 35.5. The van der Waals surface area contributed by atoms with Gasteiger partial charge in [0.25, 0.3) is 5.91 Å². The minimum atomic E-state index is -3.16. The third-order valence-electron chi connectivity index (χ3n) is 5.70. The largest absolute Gasteiger partial charge is 0.355 e. The molecule has 162 valence electrons. The van der Waals surface area contributed by atoms with Gasteiger partial charge in [-0.25, -0.2) is 8.42 Å². The lowest BCUT2D eigenvalue weighted by atomic mass is 10.0. The predicted molar refractivity (Wildman–Crippen MR) is 120 cm³/mol. The van der Waals surface area contributed by atoms with E-state index in [4.69, 9.17) is 16.1 Å². The molecule has 1 atom stereocenters. The summed E-state index contributed by atoms with van der Waals surface area (Å²) in [6.45, 7) is 4.30. The number of carbonyl (C=O) groups excluding carboxylic acids is 1. The summed E-state index contributed by atoms with van der Waals surface area (Å²) in [7, 11) is -3.16. The Hall–Kier alpha value is -2.64. The molecular weight excluding hydrogens is 436 g/mol. The lowest BCUT2D eigenvalue weighted by molar-refractivity contribution is 0.0670. The highest BCUT2D eigenvalue weighted by molar-refractivity contribution is 7.91. The summed E-state index contributed by atoms with van der Waals surface area (Å²) in [5, 5.41) is 4.59. The Bertz CT molecular complexity index is 1220. The molecule has 8 heteroatoms. The van der Waals surface area contributed by atoms with E-state index >= 15 is 0 Å². The summed E-state index contributed by atoms with van der Waals surface area (Å²) in [5.74, 6) is 0.177. The summed E-state index contributed by atoms with van der Waals surface area (Å²) in [6, 6.07) is 14.3. The van der Waals surface area contributed by atoms with Crippen LogP contribution in [0.1, 0.15) is 33.6 Å². The van der Waals surface area contributed by atoms with Crippen molar-refractivity contribution in [1.82, 2.24) is 10.1 Å². The summed E-state index contributed by atoms with van der Waals surface area (Å²) in [6.07, 6.45) is 0.406. The molecule has 0 radical (unpaired) electrons. The van der Waals surface area contributed by atoms with Crippen LogP contribution in [-0.4, -0.2) is 41.9 Å². The third-order valence-corrected chi connectivity index (χ3v) is 7.70. The SMILES string of the molecule is Cc1ccc(-c2cc(C(=O)N(Cc3ccc(Cl)cc3)[C@@H]3CCS(=O)(=O)C3)no2)cc1C. The molecule has 31 heavy (non-hydrogen) atoms. The zero-order valence-electron chi connectivity index (χ0n) is 17.3. The number of halogens is 1. The molecule has 1 fully saturated rings. The molecule has 0 spiro atoms. The molecule has 0 unspecified atom stereocenters. The lowest BCUT2D eigenvalue weighted by Gasteiger charge is -2.27. The molecule has 1 amide bonds. The molecule has 0 aliphatic carbocycles. The average molecular weight is 459 g/mol. The topological polar surface area (TPSA) is 80.5 Å². The van der Waals surface area contributed by atoms with Gasteiger partial charge in [0.1, 0.15) is 0 Å². The van der Waals surface area contributed by atoms with Crippen LogP contribution in [0.4, 0.5) is 0 Å². The summed E-state index contributed by atoms with van der Waals surface area (Å²) in [4.78, 5) is 14.9. The molecule has 1 aromatic heterocycles. The van der Waals surface area contributed by atoms with Crippen LogP contribution in [0.5, 0.6) is 0 Å². The molecule has 2 heterocycles. The molecule has 1 aliphatic heterocycles. The van der Waals surface area contributed by atoms with Crippen molar-refractivity contribution in [3.63, 3.8) is 0 Å². The first-order valence-electron chi connectivity index (χ1n) is 10.0. The van der Waals surface area contributed by atoms with Crippen molar-refractivity contribution >= 4 is 27.3 Å². The number of aromatic nitrogens is 1. The predicted octanol–water partition coefficient (Wildman–Crippen LogP) is 4.44. The van der Waals surface area contributed by atoms with E-state index in [1.807, 2.05) is 44.2 Å². The summed E-state index contributed by atoms with van der Waals surface area (Å²) < 4.78 is 29.6. The number of hydrogen-bond acceptors (Lipinski definition) is 5. The molecule has 1 aliphatic rings. The van der Waals surface area contributed by atoms with Gasteiger partial charge in [0, 0.05) is 29.2 Å². The zero-order chi connectivity index (χ0) is 22.2. The average Bonchev–Trinajstić information content (AvgIpc) is 3.36. The zero-order valence-corrected chi connectivity index (χ0v) is 18.9. The quantitative estimate of drug-likeness (QED) is 0.564. The fourth-order valence-corrected chi connectivity index (χ4v) is 5.59. The van der Waals surface area contributed by atoms with Gasteiger partial charge in [0.15, 0.2) is 21.3 Å². The van der Waals surface area contributed by atoms with Crippen molar-refractivity contribution in [3.05, 3.63) is 75.9 Å². The lowest BCUT2D eigenvalue weighted by Crippen LogP contribution is -2.40. The molecule has 0 N–H and O–H groups in total. The minimum Gasteiger partial charge on any atom is -0.355 e. The van der Waals surface area contributed by atoms with Gasteiger partial charge in [-0.1, -0.05) is 41.0 Å². The van der Waals surface area contributed by atoms with Crippen LogP contribution >= 0.6 is 11.6 Å². The van der Waals surface area contributed by atoms with Crippen LogP contribution in [-0.2, 0) is 16.4 Å². The van der Waals surface area contributed by atoms with Crippen molar-refractivity contribution in [2.24, 2.45) is 0 Å². The van der Waals surface area contributed by atoms with Gasteiger partial charge in [0.2, 0.25) is 0 Å². The Labute approximate surface area is 186 Å². The monoisotopic (exact) mass is 458 g/mol. The molecule has 2 aromatic carbocycles. The second-order valence-electron chi connectivity index (χ2n) is 7.99. The number of rotatable bonds is 5. The first-order valence-corrected chi connectivity index (χ1v) is 12.2. The molecule has 0 saturated carbocycles. The maximum absolute atomic E-state index is 13.4. The Morgan fingerprint density at radius 2 is 1.87 bits per heavy atom. The highest BCUT2D eigenvalue weighted by Crippen LogP contribution is 2.26. The van der Waals surface area contributed by atoms with Crippen LogP contribution < -0.4 is 0 Å². The Morgan fingerprint density at radius 1 is 1.13 bits per heavy atom. The van der Waals surface area contributed by atoms with Gasteiger partial charge in [-0.2, -0.15) is 0 Å². The summed E-state index contributed by atoms with van der Waals surface area (Å²) in [5.41, 5.74) is 4.13. The number of sulfone groups is 1. The minimum absolute atomic E-state index is 0.0474. The Balaban J connectivity index is 1.63. The van der Waals surface area contributed by atoms with E-state index in [2.05, 4.69) is 5.16 Å². The maximum Gasteiger partial charge on any atom is 0.276 e. The van der Waals surface area contributed by atoms with Gasteiger partial charge in [0.05, 0.1) is 11.5 Å². The van der Waals surface area contributed by atoms with Crippen molar-refractivity contribution < 1.29 is 17.7 Å². The molecular formula is C23H23ClN2O4S. The Kier molecular flexibility index (Phi) is 5.90.